The van der Waals surface area contributed by atoms with Gasteiger partial charge in [0.05, 0.1) is 5.56 Å². The van der Waals surface area contributed by atoms with Gasteiger partial charge >= 0.3 is 5.97 Å². The van der Waals surface area contributed by atoms with Crippen molar-refractivity contribution in [1.29, 1.82) is 0 Å². The summed E-state index contributed by atoms with van der Waals surface area (Å²) in [5, 5.41) is 14.1. The molecule has 0 atom stereocenters. The molecule has 0 aliphatic heterocycles. The molecule has 0 unspecified atom stereocenters. The van der Waals surface area contributed by atoms with Gasteiger partial charge in [-0.3, -0.25) is 4.79 Å². The minimum atomic E-state index is -0.677. The van der Waals surface area contributed by atoms with Crippen molar-refractivity contribution < 1.29 is 19.1 Å². The van der Waals surface area contributed by atoms with E-state index in [1.54, 1.807) is 25.1 Å². The third-order valence-electron chi connectivity index (χ3n) is 2.83. The Morgan fingerprint density at radius 1 is 1.27 bits per heavy atom. The van der Waals surface area contributed by atoms with Gasteiger partial charge in [-0.25, -0.2) is 4.79 Å². The zero-order chi connectivity index (χ0) is 16.1. The summed E-state index contributed by atoms with van der Waals surface area (Å²) in [4.78, 5) is 23.5. The molecule has 1 N–H and O–H groups in total. The summed E-state index contributed by atoms with van der Waals surface area (Å²) in [6.07, 6.45) is 2.35. The van der Waals surface area contributed by atoms with Gasteiger partial charge in [0.2, 0.25) is 0 Å². The van der Waals surface area contributed by atoms with Crippen molar-refractivity contribution in [2.45, 2.75) is 6.92 Å². The lowest BCUT2D eigenvalue weighted by molar-refractivity contribution is -0.605. The molecular weight excluding hydrogens is 308 g/mol. The molecule has 22 heavy (non-hydrogen) atoms. The van der Waals surface area contributed by atoms with Crippen molar-refractivity contribution in [2.24, 2.45) is 0 Å². The molecule has 0 bridgehead atoms. The average Bonchev–Trinajstić information content (AvgIpc) is 2.48. The monoisotopic (exact) mass is 320 g/mol. The van der Waals surface area contributed by atoms with E-state index in [4.69, 9.17) is 16.3 Å². The Hall–Kier alpha value is -2.60. The molecule has 114 valence electrons. The Labute approximate surface area is 131 Å². The number of carbonyl (C=O) groups is 2. The van der Waals surface area contributed by atoms with Gasteiger partial charge in [0.15, 0.2) is 19.0 Å². The first-order valence-corrected chi connectivity index (χ1v) is 6.75. The normalized spacial score (nSPS) is 10.1. The molecule has 0 aliphatic rings. The van der Waals surface area contributed by atoms with Crippen LogP contribution in [0, 0.1) is 12.1 Å². The number of esters is 1. The maximum Gasteiger partial charge on any atom is 0.339 e. The Morgan fingerprint density at radius 2 is 1.95 bits per heavy atom. The van der Waals surface area contributed by atoms with Crippen molar-refractivity contribution in [3.05, 3.63) is 64.1 Å². The number of carbonyl (C=O) groups excluding carboxylic acids is 2. The molecule has 6 nitrogen and oxygen atoms in total. The van der Waals surface area contributed by atoms with E-state index in [2.05, 4.69) is 5.32 Å². The number of aryl methyl sites for hydroxylation is 1. The number of nitrogens with zero attached hydrogens (tertiary/aromatic N) is 1. The fourth-order valence-corrected chi connectivity index (χ4v) is 1.94. The maximum absolute atomic E-state index is 11.8. The van der Waals surface area contributed by atoms with Crippen LogP contribution in [-0.4, -0.2) is 18.5 Å². The molecule has 0 fully saturated rings. The Balaban J connectivity index is 1.89. The second-order valence-corrected chi connectivity index (χ2v) is 4.97. The van der Waals surface area contributed by atoms with E-state index in [1.165, 1.54) is 24.5 Å². The van der Waals surface area contributed by atoms with Gasteiger partial charge in [0.1, 0.15) is 0 Å². The van der Waals surface area contributed by atoms with Crippen molar-refractivity contribution >= 4 is 29.2 Å². The fourth-order valence-electron chi connectivity index (χ4n) is 1.72. The second kappa shape index (κ2) is 6.91. The van der Waals surface area contributed by atoms with E-state index >= 15 is 0 Å². The summed E-state index contributed by atoms with van der Waals surface area (Å²) in [5.74, 6) is -1.14. The molecule has 1 aromatic carbocycles. The van der Waals surface area contributed by atoms with Gasteiger partial charge in [0.25, 0.3) is 5.91 Å². The number of hydrogen-bond acceptors (Lipinski definition) is 4. The lowest BCUT2D eigenvalue weighted by Crippen LogP contribution is -2.25. The molecule has 2 aromatic rings. The highest BCUT2D eigenvalue weighted by atomic mass is 35.5. The minimum absolute atomic E-state index is 0.197. The lowest BCUT2D eigenvalue weighted by Gasteiger charge is -2.09. The molecule has 1 heterocycles. The van der Waals surface area contributed by atoms with Crippen LogP contribution in [0.3, 0.4) is 0 Å². The third-order valence-corrected chi connectivity index (χ3v) is 3.07. The predicted octanol–water partition coefficient (Wildman–Crippen LogP) is 2.08. The number of ether oxygens (including phenoxy) is 1. The van der Waals surface area contributed by atoms with Crippen LogP contribution < -0.4 is 10.0 Å². The SMILES string of the molecule is Cc1cc(Cl)ccc1NC(=O)COC(=O)c1cc[n+]([O-])cc1. The number of pyridine rings is 1. The molecule has 1 aromatic heterocycles. The number of aromatic nitrogens is 1. The van der Waals surface area contributed by atoms with Gasteiger partial charge in [-0.2, -0.15) is 4.73 Å². The lowest BCUT2D eigenvalue weighted by atomic mass is 10.2. The fraction of sp³-hybridized carbons (Fsp3) is 0.133. The highest BCUT2D eigenvalue weighted by Crippen LogP contribution is 2.19. The van der Waals surface area contributed by atoms with E-state index in [0.717, 1.165) is 5.56 Å². The minimum Gasteiger partial charge on any atom is -0.619 e. The van der Waals surface area contributed by atoms with Crippen LogP contribution in [0.1, 0.15) is 15.9 Å². The molecule has 7 heteroatoms. The summed E-state index contributed by atoms with van der Waals surface area (Å²) < 4.78 is 5.43. The third kappa shape index (κ3) is 4.20. The smallest absolute Gasteiger partial charge is 0.339 e. The molecule has 0 spiro atoms. The number of nitrogens with one attached hydrogen (secondary N) is 1. The van der Waals surface area contributed by atoms with E-state index in [-0.39, 0.29) is 5.56 Å². The van der Waals surface area contributed by atoms with Gasteiger partial charge in [-0.1, -0.05) is 11.6 Å². The Bertz CT molecular complexity index is 701. The molecule has 0 aliphatic carbocycles. The standard InChI is InChI=1S/C15H13ClN2O4/c1-10-8-12(16)2-3-13(10)17-14(19)9-22-15(20)11-4-6-18(21)7-5-11/h2-8H,9H2,1H3,(H,17,19). The number of hydrogen-bond donors (Lipinski definition) is 1. The van der Waals surface area contributed by atoms with Gasteiger partial charge in [0, 0.05) is 22.8 Å². The van der Waals surface area contributed by atoms with Gasteiger partial charge in [-0.15, -0.1) is 0 Å². The summed E-state index contributed by atoms with van der Waals surface area (Å²) in [5.41, 5.74) is 1.59. The second-order valence-electron chi connectivity index (χ2n) is 4.53. The van der Waals surface area contributed by atoms with Gasteiger partial charge in [-0.05, 0) is 30.7 Å². The van der Waals surface area contributed by atoms with E-state index in [9.17, 15) is 14.8 Å². The van der Waals surface area contributed by atoms with Crippen LogP contribution in [0.15, 0.2) is 42.7 Å². The first kappa shape index (κ1) is 15.8. The highest BCUT2D eigenvalue weighted by Gasteiger charge is 2.12. The first-order chi connectivity index (χ1) is 10.5. The van der Waals surface area contributed by atoms with Crippen molar-refractivity contribution in [3.8, 4) is 0 Å². The van der Waals surface area contributed by atoms with Crippen LogP contribution in [0.25, 0.3) is 0 Å². The van der Waals surface area contributed by atoms with Crippen LogP contribution in [0.4, 0.5) is 5.69 Å². The van der Waals surface area contributed by atoms with Crippen LogP contribution in [0.5, 0.6) is 0 Å². The molecule has 0 saturated carbocycles. The van der Waals surface area contributed by atoms with Crippen LogP contribution in [-0.2, 0) is 9.53 Å². The van der Waals surface area contributed by atoms with E-state index < -0.39 is 18.5 Å². The number of rotatable bonds is 4. The summed E-state index contributed by atoms with van der Waals surface area (Å²) in [7, 11) is 0. The van der Waals surface area contributed by atoms with Crippen molar-refractivity contribution in [2.75, 3.05) is 11.9 Å². The van der Waals surface area contributed by atoms with Crippen LogP contribution >= 0.6 is 11.6 Å². The highest BCUT2D eigenvalue weighted by molar-refractivity contribution is 6.30. The Kier molecular flexibility index (Phi) is 4.95. The molecule has 1 amide bonds. The number of halogens is 1. The number of amides is 1. The number of benzene rings is 1. The van der Waals surface area contributed by atoms with Crippen molar-refractivity contribution in [1.82, 2.24) is 0 Å². The average molecular weight is 321 g/mol. The number of anilines is 1. The first-order valence-electron chi connectivity index (χ1n) is 6.37. The van der Waals surface area contributed by atoms with Crippen LogP contribution in [0.2, 0.25) is 5.02 Å². The summed E-state index contributed by atoms with van der Waals surface area (Å²) >= 11 is 5.83. The van der Waals surface area contributed by atoms with Crippen molar-refractivity contribution in [3.63, 3.8) is 0 Å². The summed E-state index contributed by atoms with van der Waals surface area (Å²) in [6.45, 7) is 1.38. The maximum atomic E-state index is 11.8. The topological polar surface area (TPSA) is 82.3 Å². The van der Waals surface area contributed by atoms with E-state index in [1.807, 2.05) is 0 Å². The predicted molar refractivity (Wildman–Crippen MR) is 80.5 cm³/mol. The quantitative estimate of drug-likeness (QED) is 0.531. The van der Waals surface area contributed by atoms with Gasteiger partial charge < -0.3 is 15.3 Å². The van der Waals surface area contributed by atoms with E-state index in [0.29, 0.717) is 15.4 Å². The zero-order valence-corrected chi connectivity index (χ0v) is 12.5. The molecule has 2 rings (SSSR count). The largest absolute Gasteiger partial charge is 0.619 e. The summed E-state index contributed by atoms with van der Waals surface area (Å²) in [6, 6.07) is 7.67. The zero-order valence-electron chi connectivity index (χ0n) is 11.7. The Morgan fingerprint density at radius 3 is 2.59 bits per heavy atom. The molecule has 0 radical (unpaired) electrons. The molecule has 0 saturated heterocycles. The molecular formula is C15H13ClN2O4.